The van der Waals surface area contributed by atoms with E-state index in [1.165, 1.54) is 0 Å². The van der Waals surface area contributed by atoms with Crippen LogP contribution < -0.4 is 19.9 Å². The molecule has 2 aromatic heterocycles. The first-order chi connectivity index (χ1) is 13.2. The van der Waals surface area contributed by atoms with Gasteiger partial charge in [0.2, 0.25) is 11.8 Å². The molecule has 3 N–H and O–H groups in total. The maximum atomic E-state index is 9.65. The molecule has 4 rings (SSSR count). The molecule has 1 atom stereocenters. The Morgan fingerprint density at radius 1 is 1.26 bits per heavy atom. The summed E-state index contributed by atoms with van der Waals surface area (Å²) >= 11 is 0. The predicted molar refractivity (Wildman–Crippen MR) is 95.1 cm³/mol. The molecule has 0 unspecified atom stereocenters. The highest BCUT2D eigenvalue weighted by Crippen LogP contribution is 2.47. The van der Waals surface area contributed by atoms with E-state index >= 15 is 0 Å². The normalized spacial score (nSPS) is 15.7. The number of nitrogens with one attached hydrogen (secondary N) is 1. The van der Waals surface area contributed by atoms with Crippen LogP contribution in [0.2, 0.25) is 0 Å². The topological polar surface area (TPSA) is 119 Å². The molecular formula is C19H16N4O4. The minimum absolute atomic E-state index is 0.00190. The molecule has 0 saturated heterocycles. The largest absolute Gasteiger partial charge is 0.497 e. The minimum atomic E-state index is -0.557. The number of nitrogens with two attached hydrogens (primary N) is 1. The summed E-state index contributed by atoms with van der Waals surface area (Å²) in [6.45, 7) is 0. The van der Waals surface area contributed by atoms with Crippen molar-refractivity contribution in [2.45, 2.75) is 5.92 Å². The number of furan rings is 1. The molecule has 0 aliphatic carbocycles. The maximum Gasteiger partial charge on any atom is 0.244 e. The molecular weight excluding hydrogens is 348 g/mol. The average Bonchev–Trinajstić information content (AvgIpc) is 3.36. The number of fused-ring (bicyclic) bond motifs is 1. The molecule has 0 saturated carbocycles. The van der Waals surface area contributed by atoms with Gasteiger partial charge in [-0.2, -0.15) is 5.26 Å². The van der Waals surface area contributed by atoms with E-state index in [4.69, 9.17) is 24.4 Å². The van der Waals surface area contributed by atoms with Gasteiger partial charge in [-0.1, -0.05) is 0 Å². The van der Waals surface area contributed by atoms with Crippen LogP contribution in [-0.2, 0) is 0 Å². The summed E-state index contributed by atoms with van der Waals surface area (Å²) in [4.78, 5) is 0. The number of nitriles is 1. The van der Waals surface area contributed by atoms with Gasteiger partial charge in [0.15, 0.2) is 0 Å². The number of hydrogen-bond acceptors (Lipinski definition) is 7. The van der Waals surface area contributed by atoms with Crippen LogP contribution in [0.1, 0.15) is 17.2 Å². The molecule has 0 spiro atoms. The quantitative estimate of drug-likeness (QED) is 0.730. The molecule has 0 radical (unpaired) electrons. The van der Waals surface area contributed by atoms with Crippen molar-refractivity contribution in [1.82, 2.24) is 10.2 Å². The van der Waals surface area contributed by atoms with Crippen LogP contribution in [0, 0.1) is 11.3 Å². The van der Waals surface area contributed by atoms with Gasteiger partial charge in [0.25, 0.3) is 0 Å². The van der Waals surface area contributed by atoms with E-state index in [0.29, 0.717) is 34.1 Å². The molecule has 27 heavy (non-hydrogen) atoms. The third-order valence-electron chi connectivity index (χ3n) is 4.44. The summed E-state index contributed by atoms with van der Waals surface area (Å²) in [7, 11) is 3.16. The molecule has 8 heteroatoms. The van der Waals surface area contributed by atoms with E-state index in [1.807, 2.05) is 6.07 Å². The Morgan fingerprint density at radius 2 is 2.11 bits per heavy atom. The fourth-order valence-electron chi connectivity index (χ4n) is 3.20. The summed E-state index contributed by atoms with van der Waals surface area (Å²) in [5.41, 5.74) is 8.18. The summed E-state index contributed by atoms with van der Waals surface area (Å²) in [6, 6.07) is 11.1. The van der Waals surface area contributed by atoms with Gasteiger partial charge in [-0.15, -0.1) is 5.10 Å². The number of rotatable bonds is 4. The molecule has 0 amide bonds. The van der Waals surface area contributed by atoms with Crippen LogP contribution >= 0.6 is 0 Å². The number of hydrogen-bond donors (Lipinski definition) is 2. The van der Waals surface area contributed by atoms with Crippen molar-refractivity contribution in [2.75, 3.05) is 14.2 Å². The van der Waals surface area contributed by atoms with Crippen LogP contribution in [0.5, 0.6) is 17.4 Å². The lowest BCUT2D eigenvalue weighted by atomic mass is 9.86. The van der Waals surface area contributed by atoms with Gasteiger partial charge in [-0.05, 0) is 30.3 Å². The van der Waals surface area contributed by atoms with Crippen molar-refractivity contribution in [2.24, 2.45) is 5.73 Å². The molecule has 0 bridgehead atoms. The number of nitrogens with zero attached hydrogens (tertiary/aromatic N) is 2. The van der Waals surface area contributed by atoms with Gasteiger partial charge >= 0.3 is 0 Å². The molecule has 1 aliphatic heterocycles. The first kappa shape index (κ1) is 16.6. The Bertz CT molecular complexity index is 1060. The number of aromatic nitrogens is 2. The summed E-state index contributed by atoms with van der Waals surface area (Å²) < 4.78 is 22.0. The lowest BCUT2D eigenvalue weighted by Crippen LogP contribution is -2.20. The first-order valence-corrected chi connectivity index (χ1v) is 8.09. The van der Waals surface area contributed by atoms with Gasteiger partial charge in [0.05, 0.1) is 37.7 Å². The number of ether oxygens (including phenoxy) is 3. The Morgan fingerprint density at radius 3 is 2.78 bits per heavy atom. The van der Waals surface area contributed by atoms with Crippen molar-refractivity contribution in [3.8, 4) is 34.7 Å². The maximum absolute atomic E-state index is 9.65. The highest BCUT2D eigenvalue weighted by Gasteiger charge is 2.37. The van der Waals surface area contributed by atoms with Crippen LogP contribution in [0.15, 0.2) is 52.5 Å². The number of allylic oxidation sites excluding steroid dienone is 1. The monoisotopic (exact) mass is 364 g/mol. The van der Waals surface area contributed by atoms with E-state index < -0.39 is 5.92 Å². The smallest absolute Gasteiger partial charge is 0.244 e. The van der Waals surface area contributed by atoms with Gasteiger partial charge in [-0.25, -0.2) is 0 Å². The summed E-state index contributed by atoms with van der Waals surface area (Å²) in [5, 5.41) is 16.9. The Kier molecular flexibility index (Phi) is 3.97. The molecule has 0 fully saturated rings. The zero-order valence-electron chi connectivity index (χ0n) is 14.6. The zero-order chi connectivity index (χ0) is 19.0. The Labute approximate surface area is 154 Å². The minimum Gasteiger partial charge on any atom is -0.497 e. The fraction of sp³-hybridized carbons (Fsp3) is 0.158. The van der Waals surface area contributed by atoms with E-state index in [1.54, 1.807) is 44.7 Å². The third-order valence-corrected chi connectivity index (χ3v) is 4.44. The second kappa shape index (κ2) is 6.46. The van der Waals surface area contributed by atoms with Crippen LogP contribution in [-0.4, -0.2) is 24.4 Å². The van der Waals surface area contributed by atoms with Gasteiger partial charge < -0.3 is 24.4 Å². The molecule has 3 heterocycles. The van der Waals surface area contributed by atoms with E-state index in [0.717, 1.165) is 0 Å². The van der Waals surface area contributed by atoms with Crippen molar-refractivity contribution < 1.29 is 18.6 Å². The first-order valence-electron chi connectivity index (χ1n) is 8.09. The highest BCUT2D eigenvalue weighted by molar-refractivity contribution is 5.76. The average molecular weight is 364 g/mol. The van der Waals surface area contributed by atoms with Crippen molar-refractivity contribution in [1.29, 1.82) is 5.26 Å². The third kappa shape index (κ3) is 2.57. The predicted octanol–water partition coefficient (Wildman–Crippen LogP) is 2.91. The van der Waals surface area contributed by atoms with Crippen molar-refractivity contribution in [3.05, 3.63) is 59.4 Å². The molecule has 3 aromatic rings. The van der Waals surface area contributed by atoms with Crippen LogP contribution in [0.4, 0.5) is 0 Å². The Balaban J connectivity index is 1.97. The second-order valence-electron chi connectivity index (χ2n) is 5.82. The van der Waals surface area contributed by atoms with Crippen LogP contribution in [0.3, 0.4) is 0 Å². The van der Waals surface area contributed by atoms with Crippen LogP contribution in [0.25, 0.3) is 11.3 Å². The fourth-order valence-corrected chi connectivity index (χ4v) is 3.20. The van der Waals surface area contributed by atoms with E-state index in [2.05, 4.69) is 16.3 Å². The SMILES string of the molecule is COc1ccc(OC)c(-c2[nH]nc3c2[C@H](c2ccco2)C(C#N)=C(N)O3)c1. The molecule has 1 aromatic carbocycles. The molecule has 8 nitrogen and oxygen atoms in total. The zero-order valence-corrected chi connectivity index (χ0v) is 14.6. The second-order valence-corrected chi connectivity index (χ2v) is 5.82. The lowest BCUT2D eigenvalue weighted by Gasteiger charge is -2.22. The Hall–Kier alpha value is -3.86. The van der Waals surface area contributed by atoms with E-state index in [-0.39, 0.29) is 17.3 Å². The van der Waals surface area contributed by atoms with E-state index in [9.17, 15) is 5.26 Å². The lowest BCUT2D eigenvalue weighted by molar-refractivity contribution is 0.371. The number of benzene rings is 1. The van der Waals surface area contributed by atoms with Gasteiger partial charge in [0.1, 0.15) is 28.9 Å². The summed E-state index contributed by atoms with van der Waals surface area (Å²) in [5.74, 6) is 1.55. The van der Waals surface area contributed by atoms with Gasteiger partial charge in [0, 0.05) is 5.56 Å². The summed E-state index contributed by atoms with van der Waals surface area (Å²) in [6.07, 6.45) is 1.54. The number of H-pyrrole nitrogens is 1. The molecule has 1 aliphatic rings. The van der Waals surface area contributed by atoms with Crippen molar-refractivity contribution >= 4 is 0 Å². The molecule has 136 valence electrons. The standard InChI is InChI=1S/C19H16N4O4/c1-24-10-5-6-13(25-2)11(8-10)17-16-15(14-4-3-7-26-14)12(9-20)18(21)27-19(16)23-22-17/h3-8,15H,21H2,1-2H3,(H,22,23)/t15-/m0/s1. The van der Waals surface area contributed by atoms with Crippen molar-refractivity contribution in [3.63, 3.8) is 0 Å². The van der Waals surface area contributed by atoms with Gasteiger partial charge in [-0.3, -0.25) is 5.10 Å². The number of methoxy groups -OCH3 is 2. The highest BCUT2D eigenvalue weighted by atomic mass is 16.5. The number of aromatic amines is 1.